The van der Waals surface area contributed by atoms with Crippen LogP contribution in [0.1, 0.15) is 26.6 Å². The van der Waals surface area contributed by atoms with Crippen LogP contribution in [-0.4, -0.2) is 9.97 Å². The van der Waals surface area contributed by atoms with E-state index in [-0.39, 0.29) is 5.41 Å². The Morgan fingerprint density at radius 2 is 1.74 bits per heavy atom. The van der Waals surface area contributed by atoms with E-state index >= 15 is 0 Å². The third-order valence-electron chi connectivity index (χ3n) is 2.38. The van der Waals surface area contributed by atoms with E-state index < -0.39 is 0 Å². The first kappa shape index (κ1) is 14.8. The number of hydrogen-bond donors (Lipinski definition) is 0. The Labute approximate surface area is 131 Å². The van der Waals surface area contributed by atoms with Crippen LogP contribution in [0, 0.1) is 0 Å². The predicted octanol–water partition coefficient (Wildman–Crippen LogP) is 5.34. The summed E-state index contributed by atoms with van der Waals surface area (Å²) in [7, 11) is 0. The maximum Gasteiger partial charge on any atom is 0.136 e. The van der Waals surface area contributed by atoms with E-state index in [9.17, 15) is 0 Å². The summed E-state index contributed by atoms with van der Waals surface area (Å²) in [5, 5.41) is 1.66. The van der Waals surface area contributed by atoms with Crippen LogP contribution in [0.4, 0.5) is 0 Å². The molecule has 0 saturated heterocycles. The molecule has 0 spiro atoms. The van der Waals surface area contributed by atoms with Crippen LogP contribution in [-0.2, 0) is 5.41 Å². The lowest BCUT2D eigenvalue weighted by molar-refractivity contribution is 0.536. The summed E-state index contributed by atoms with van der Waals surface area (Å²) >= 11 is 10.9. The molecule has 1 aromatic heterocycles. The number of hydrogen-bond acceptors (Lipinski definition) is 3. The van der Waals surface area contributed by atoms with E-state index in [0.29, 0.717) is 0 Å². The second-order valence-corrected chi connectivity index (χ2v) is 7.50. The van der Waals surface area contributed by atoms with Gasteiger partial charge in [-0.1, -0.05) is 44.1 Å². The first-order valence-electron chi connectivity index (χ1n) is 5.83. The van der Waals surface area contributed by atoms with E-state index in [1.54, 1.807) is 11.8 Å². The van der Waals surface area contributed by atoms with E-state index in [2.05, 4.69) is 46.7 Å². The Kier molecular flexibility index (Phi) is 4.54. The molecule has 0 aliphatic carbocycles. The Hall–Kier alpha value is -0.580. The largest absolute Gasteiger partial charge is 0.226 e. The van der Waals surface area contributed by atoms with Gasteiger partial charge in [0, 0.05) is 21.4 Å². The maximum atomic E-state index is 5.88. The van der Waals surface area contributed by atoms with Crippen molar-refractivity contribution in [1.29, 1.82) is 0 Å². The molecule has 0 aliphatic rings. The van der Waals surface area contributed by atoms with Crippen LogP contribution in [0.2, 0.25) is 5.02 Å². The number of benzene rings is 1. The molecule has 1 heterocycles. The second-order valence-electron chi connectivity index (χ2n) is 5.16. The highest BCUT2D eigenvalue weighted by Gasteiger charge is 2.18. The van der Waals surface area contributed by atoms with E-state index in [1.165, 1.54) is 0 Å². The average Bonchev–Trinajstić information content (AvgIpc) is 2.30. The topological polar surface area (TPSA) is 25.8 Å². The Morgan fingerprint density at radius 3 is 2.32 bits per heavy atom. The molecule has 0 saturated carbocycles. The van der Waals surface area contributed by atoms with Gasteiger partial charge in [0.1, 0.15) is 15.5 Å². The average molecular weight is 358 g/mol. The molecule has 2 rings (SSSR count). The normalized spacial score (nSPS) is 11.6. The lowest BCUT2D eigenvalue weighted by atomic mass is 9.96. The number of aromatic nitrogens is 2. The Bertz CT molecular complexity index is 579. The minimum Gasteiger partial charge on any atom is -0.226 e. The second kappa shape index (κ2) is 5.81. The van der Waals surface area contributed by atoms with Crippen LogP contribution in [0.15, 0.2) is 44.9 Å². The van der Waals surface area contributed by atoms with Crippen molar-refractivity contribution in [2.24, 2.45) is 0 Å². The first-order chi connectivity index (χ1) is 8.84. The molecule has 0 radical (unpaired) electrons. The van der Waals surface area contributed by atoms with Gasteiger partial charge in [0.2, 0.25) is 0 Å². The SMILES string of the molecule is CC(C)(C)c1nc(Br)cc(Sc2ccc(Cl)cc2)n1. The molecule has 0 aliphatic heterocycles. The summed E-state index contributed by atoms with van der Waals surface area (Å²) in [4.78, 5) is 10.1. The lowest BCUT2D eigenvalue weighted by Gasteiger charge is -2.17. The molecule has 2 nitrogen and oxygen atoms in total. The molecule has 0 fully saturated rings. The van der Waals surface area contributed by atoms with Crippen molar-refractivity contribution < 1.29 is 0 Å². The van der Waals surface area contributed by atoms with Crippen molar-refractivity contribution >= 4 is 39.3 Å². The molecule has 0 N–H and O–H groups in total. The summed E-state index contributed by atoms with van der Waals surface area (Å²) < 4.78 is 0.809. The zero-order valence-corrected chi connectivity index (χ0v) is 14.1. The molecule has 100 valence electrons. The molecule has 19 heavy (non-hydrogen) atoms. The lowest BCUT2D eigenvalue weighted by Crippen LogP contribution is -2.16. The van der Waals surface area contributed by atoms with Crippen LogP contribution in [0.5, 0.6) is 0 Å². The standard InChI is InChI=1S/C14H14BrClN2S/c1-14(2,3)13-17-11(15)8-12(18-13)19-10-6-4-9(16)5-7-10/h4-8H,1-3H3. The van der Waals surface area contributed by atoms with Crippen LogP contribution >= 0.6 is 39.3 Å². The molecule has 2 aromatic rings. The third-order valence-corrected chi connectivity index (χ3v) is 3.96. The van der Waals surface area contributed by atoms with Crippen molar-refractivity contribution in [1.82, 2.24) is 9.97 Å². The molecule has 1 aromatic carbocycles. The van der Waals surface area contributed by atoms with Gasteiger partial charge in [-0.05, 0) is 40.2 Å². The third kappa shape index (κ3) is 4.20. The van der Waals surface area contributed by atoms with Crippen molar-refractivity contribution in [3.63, 3.8) is 0 Å². The van der Waals surface area contributed by atoms with Crippen molar-refractivity contribution in [2.75, 3.05) is 0 Å². The minimum atomic E-state index is -0.0704. The van der Waals surface area contributed by atoms with Crippen LogP contribution in [0.25, 0.3) is 0 Å². The first-order valence-corrected chi connectivity index (χ1v) is 7.82. The van der Waals surface area contributed by atoms with Gasteiger partial charge in [-0.25, -0.2) is 9.97 Å². The van der Waals surface area contributed by atoms with Gasteiger partial charge in [0.15, 0.2) is 0 Å². The molecule has 0 bridgehead atoms. The van der Waals surface area contributed by atoms with Gasteiger partial charge in [0.25, 0.3) is 0 Å². The highest BCUT2D eigenvalue weighted by Crippen LogP contribution is 2.30. The highest BCUT2D eigenvalue weighted by atomic mass is 79.9. The van der Waals surface area contributed by atoms with Gasteiger partial charge >= 0.3 is 0 Å². The fourth-order valence-electron chi connectivity index (χ4n) is 1.41. The quantitative estimate of drug-likeness (QED) is 0.678. The minimum absolute atomic E-state index is 0.0704. The zero-order chi connectivity index (χ0) is 14.0. The molecule has 0 unspecified atom stereocenters. The number of halogens is 2. The molecule has 0 atom stereocenters. The van der Waals surface area contributed by atoms with E-state index in [4.69, 9.17) is 11.6 Å². The van der Waals surface area contributed by atoms with Crippen molar-refractivity contribution in [3.05, 3.63) is 45.8 Å². The maximum absolute atomic E-state index is 5.88. The van der Waals surface area contributed by atoms with Crippen LogP contribution < -0.4 is 0 Å². The predicted molar refractivity (Wildman–Crippen MR) is 84.0 cm³/mol. The smallest absolute Gasteiger partial charge is 0.136 e. The fraction of sp³-hybridized carbons (Fsp3) is 0.286. The summed E-state index contributed by atoms with van der Waals surface area (Å²) in [5.41, 5.74) is -0.0704. The van der Waals surface area contributed by atoms with Gasteiger partial charge in [-0.2, -0.15) is 0 Å². The number of nitrogens with zero attached hydrogens (tertiary/aromatic N) is 2. The summed E-state index contributed by atoms with van der Waals surface area (Å²) in [5.74, 6) is 0.832. The molecular formula is C14H14BrClN2S. The molecule has 0 amide bonds. The van der Waals surface area contributed by atoms with E-state index in [1.807, 2.05) is 30.3 Å². The number of rotatable bonds is 2. The zero-order valence-electron chi connectivity index (χ0n) is 10.9. The van der Waals surface area contributed by atoms with Gasteiger partial charge < -0.3 is 0 Å². The fourth-order valence-corrected chi connectivity index (χ4v) is 2.89. The van der Waals surface area contributed by atoms with Crippen LogP contribution in [0.3, 0.4) is 0 Å². The summed E-state index contributed by atoms with van der Waals surface area (Å²) in [6, 6.07) is 9.66. The Balaban J connectivity index is 2.30. The van der Waals surface area contributed by atoms with Gasteiger partial charge in [-0.15, -0.1) is 0 Å². The van der Waals surface area contributed by atoms with E-state index in [0.717, 1.165) is 25.4 Å². The Morgan fingerprint density at radius 1 is 1.11 bits per heavy atom. The van der Waals surface area contributed by atoms with Gasteiger partial charge in [-0.3, -0.25) is 0 Å². The van der Waals surface area contributed by atoms with Crippen molar-refractivity contribution in [2.45, 2.75) is 36.1 Å². The molecular weight excluding hydrogens is 344 g/mol. The summed E-state index contributed by atoms with van der Waals surface area (Å²) in [6.45, 7) is 6.31. The monoisotopic (exact) mass is 356 g/mol. The highest BCUT2D eigenvalue weighted by molar-refractivity contribution is 9.10. The van der Waals surface area contributed by atoms with Crippen molar-refractivity contribution in [3.8, 4) is 0 Å². The van der Waals surface area contributed by atoms with Gasteiger partial charge in [0.05, 0.1) is 0 Å². The summed E-state index contributed by atoms with van der Waals surface area (Å²) in [6.07, 6.45) is 0. The molecule has 5 heteroatoms.